The predicted molar refractivity (Wildman–Crippen MR) is 159 cm³/mol. The van der Waals surface area contributed by atoms with Crippen LogP contribution in [0.2, 0.25) is 0 Å². The minimum absolute atomic E-state index is 0.00221. The number of hydrogen-bond acceptors (Lipinski definition) is 7. The number of aromatic nitrogens is 3. The standard InChI is InChI=1S/C32H32FN3O4S/c1-36-23(6-4-5-15-38-2)20-35-32(36)30-19-27-31(41-30)29(13-14-34-27)40-28-12-9-22(18-26(28)33)17-24(37)16-21-7-10-25(39-3)11-8-21/h7-14,18-20H,4-6,15-17H2,1-3H3. The van der Waals surface area contributed by atoms with E-state index in [2.05, 4.69) is 14.5 Å². The van der Waals surface area contributed by atoms with Crippen LogP contribution in [0, 0.1) is 5.82 Å². The number of carbonyl (C=O) groups is 1. The Hall–Kier alpha value is -4.08. The second kappa shape index (κ2) is 13.1. The van der Waals surface area contributed by atoms with Crippen molar-refractivity contribution in [1.29, 1.82) is 0 Å². The number of unbranched alkanes of at least 4 members (excludes halogenated alkanes) is 1. The van der Waals surface area contributed by atoms with E-state index in [-0.39, 0.29) is 24.4 Å². The van der Waals surface area contributed by atoms with Gasteiger partial charge in [-0.05, 0) is 60.7 Å². The normalized spacial score (nSPS) is 11.2. The number of nitrogens with zero attached hydrogens (tertiary/aromatic N) is 3. The third-order valence-electron chi connectivity index (χ3n) is 6.89. The van der Waals surface area contributed by atoms with Gasteiger partial charge in [-0.15, -0.1) is 11.3 Å². The molecule has 2 aromatic carbocycles. The van der Waals surface area contributed by atoms with Crippen molar-refractivity contribution in [1.82, 2.24) is 14.5 Å². The highest BCUT2D eigenvalue weighted by atomic mass is 32.1. The first-order valence-electron chi connectivity index (χ1n) is 13.4. The summed E-state index contributed by atoms with van der Waals surface area (Å²) in [5.41, 5.74) is 3.40. The summed E-state index contributed by atoms with van der Waals surface area (Å²) in [6.07, 6.45) is 6.92. The zero-order valence-electron chi connectivity index (χ0n) is 23.4. The number of imidazole rings is 1. The van der Waals surface area contributed by atoms with Crippen LogP contribution >= 0.6 is 11.3 Å². The van der Waals surface area contributed by atoms with Crippen LogP contribution in [0.4, 0.5) is 4.39 Å². The van der Waals surface area contributed by atoms with Gasteiger partial charge in [0.1, 0.15) is 23.1 Å². The van der Waals surface area contributed by atoms with Gasteiger partial charge in [-0.2, -0.15) is 0 Å². The van der Waals surface area contributed by atoms with E-state index in [1.807, 2.05) is 43.6 Å². The number of thiophene rings is 1. The highest BCUT2D eigenvalue weighted by Crippen LogP contribution is 2.39. The van der Waals surface area contributed by atoms with Crippen molar-refractivity contribution < 1.29 is 23.4 Å². The molecule has 5 rings (SSSR count). The fourth-order valence-corrected chi connectivity index (χ4v) is 5.78. The molecule has 9 heteroatoms. The Morgan fingerprint density at radius 2 is 1.73 bits per heavy atom. The number of hydrogen-bond donors (Lipinski definition) is 0. The maximum absolute atomic E-state index is 15.1. The molecule has 0 aliphatic carbocycles. The Morgan fingerprint density at radius 1 is 0.951 bits per heavy atom. The molecular formula is C32H32FN3O4S. The number of benzene rings is 2. The Balaban J connectivity index is 1.28. The molecule has 0 atom stereocenters. The fourth-order valence-electron chi connectivity index (χ4n) is 4.68. The van der Waals surface area contributed by atoms with Gasteiger partial charge in [-0.3, -0.25) is 9.78 Å². The first kappa shape index (κ1) is 28.4. The quantitative estimate of drug-likeness (QED) is 0.142. The van der Waals surface area contributed by atoms with Gasteiger partial charge in [-0.25, -0.2) is 9.37 Å². The molecule has 3 heterocycles. The highest BCUT2D eigenvalue weighted by Gasteiger charge is 2.17. The number of halogens is 1. The lowest BCUT2D eigenvalue weighted by atomic mass is 10.0. The number of pyridine rings is 1. The summed E-state index contributed by atoms with van der Waals surface area (Å²) in [6, 6.07) is 15.7. The van der Waals surface area contributed by atoms with E-state index in [0.29, 0.717) is 11.3 Å². The number of ketones is 1. The van der Waals surface area contributed by atoms with Crippen molar-refractivity contribution in [3.8, 4) is 28.0 Å². The molecule has 0 amide bonds. The molecule has 212 valence electrons. The van der Waals surface area contributed by atoms with Crippen LogP contribution in [0.15, 0.2) is 67.0 Å². The van der Waals surface area contributed by atoms with Gasteiger partial charge in [0.15, 0.2) is 11.6 Å². The Labute approximate surface area is 242 Å². The zero-order valence-corrected chi connectivity index (χ0v) is 24.2. The van der Waals surface area contributed by atoms with Gasteiger partial charge in [0.2, 0.25) is 0 Å². The second-order valence-electron chi connectivity index (χ2n) is 9.82. The largest absolute Gasteiger partial charge is 0.497 e. The number of Topliss-reactive ketones (excluding diaryl/α,β-unsaturated/α-hetero) is 1. The predicted octanol–water partition coefficient (Wildman–Crippen LogP) is 6.96. The minimum atomic E-state index is -0.524. The van der Waals surface area contributed by atoms with E-state index >= 15 is 4.39 Å². The van der Waals surface area contributed by atoms with Crippen molar-refractivity contribution in [2.45, 2.75) is 32.1 Å². The summed E-state index contributed by atoms with van der Waals surface area (Å²) in [6.45, 7) is 0.751. The van der Waals surface area contributed by atoms with Crippen LogP contribution in [0.25, 0.3) is 20.9 Å². The molecule has 0 N–H and O–H groups in total. The second-order valence-corrected chi connectivity index (χ2v) is 10.9. The van der Waals surface area contributed by atoms with Gasteiger partial charge in [0.05, 0.1) is 22.2 Å². The van der Waals surface area contributed by atoms with Gasteiger partial charge >= 0.3 is 0 Å². The third kappa shape index (κ3) is 6.81. The van der Waals surface area contributed by atoms with E-state index in [9.17, 15) is 4.79 Å². The molecule has 3 aromatic heterocycles. The van der Waals surface area contributed by atoms with Crippen molar-refractivity contribution in [3.63, 3.8) is 0 Å². The molecule has 0 radical (unpaired) electrons. The average molecular weight is 574 g/mol. The summed E-state index contributed by atoms with van der Waals surface area (Å²) in [4.78, 5) is 22.7. The van der Waals surface area contributed by atoms with Crippen LogP contribution in [-0.4, -0.2) is 41.1 Å². The summed E-state index contributed by atoms with van der Waals surface area (Å²) in [5.74, 6) is 1.67. The lowest BCUT2D eigenvalue weighted by molar-refractivity contribution is -0.117. The molecule has 5 aromatic rings. The maximum atomic E-state index is 15.1. The van der Waals surface area contributed by atoms with Crippen molar-refractivity contribution in [2.24, 2.45) is 7.05 Å². The van der Waals surface area contributed by atoms with Crippen molar-refractivity contribution in [2.75, 3.05) is 20.8 Å². The van der Waals surface area contributed by atoms with Crippen molar-refractivity contribution >= 4 is 27.3 Å². The van der Waals surface area contributed by atoms with E-state index < -0.39 is 5.82 Å². The Bertz CT molecular complexity index is 1650. The highest BCUT2D eigenvalue weighted by molar-refractivity contribution is 7.22. The van der Waals surface area contributed by atoms with Gasteiger partial charge in [0, 0.05) is 57.8 Å². The molecule has 0 bridgehead atoms. The smallest absolute Gasteiger partial charge is 0.166 e. The lowest BCUT2D eigenvalue weighted by Gasteiger charge is -2.09. The summed E-state index contributed by atoms with van der Waals surface area (Å²) in [5, 5.41) is 0. The monoisotopic (exact) mass is 573 g/mol. The Kier molecular flexibility index (Phi) is 9.06. The third-order valence-corrected chi connectivity index (χ3v) is 8.02. The van der Waals surface area contributed by atoms with Crippen LogP contribution in [0.1, 0.15) is 29.7 Å². The van der Waals surface area contributed by atoms with Gasteiger partial charge in [-0.1, -0.05) is 18.2 Å². The topological polar surface area (TPSA) is 75.5 Å². The van der Waals surface area contributed by atoms with Gasteiger partial charge < -0.3 is 18.8 Å². The molecule has 0 unspecified atom stereocenters. The number of aryl methyl sites for hydroxylation is 1. The first-order chi connectivity index (χ1) is 19.9. The molecule has 0 saturated carbocycles. The molecule has 0 aliphatic rings. The number of rotatable bonds is 13. The molecule has 41 heavy (non-hydrogen) atoms. The number of methoxy groups -OCH3 is 2. The lowest BCUT2D eigenvalue weighted by Crippen LogP contribution is -2.07. The zero-order chi connectivity index (χ0) is 28.8. The molecule has 0 aliphatic heterocycles. The minimum Gasteiger partial charge on any atom is -0.497 e. The number of carbonyl (C=O) groups excluding carboxylic acids is 1. The Morgan fingerprint density at radius 3 is 2.49 bits per heavy atom. The van der Waals surface area contributed by atoms with E-state index in [0.717, 1.165) is 63.8 Å². The van der Waals surface area contributed by atoms with E-state index in [4.69, 9.17) is 14.2 Å². The molecule has 0 saturated heterocycles. The van der Waals surface area contributed by atoms with Crippen LogP contribution in [0.5, 0.6) is 17.2 Å². The molecule has 7 nitrogen and oxygen atoms in total. The summed E-state index contributed by atoms with van der Waals surface area (Å²) < 4.78 is 34.3. The summed E-state index contributed by atoms with van der Waals surface area (Å²) in [7, 11) is 5.33. The molecule has 0 spiro atoms. The van der Waals surface area contributed by atoms with Crippen LogP contribution in [-0.2, 0) is 35.8 Å². The van der Waals surface area contributed by atoms with Crippen molar-refractivity contribution in [3.05, 3.63) is 89.6 Å². The SMILES string of the molecule is COCCCCc1cnc(-c2cc3nccc(Oc4ccc(CC(=O)Cc5ccc(OC)cc5)cc4F)c3s2)n1C. The van der Waals surface area contributed by atoms with E-state index in [1.54, 1.807) is 38.6 Å². The molecular weight excluding hydrogens is 541 g/mol. The van der Waals surface area contributed by atoms with Crippen LogP contribution < -0.4 is 9.47 Å². The van der Waals surface area contributed by atoms with Gasteiger partial charge in [0.25, 0.3) is 0 Å². The fraction of sp³-hybridized carbons (Fsp3) is 0.281. The molecule has 0 fully saturated rings. The van der Waals surface area contributed by atoms with E-state index in [1.165, 1.54) is 17.4 Å². The average Bonchev–Trinajstić information content (AvgIpc) is 3.56. The first-order valence-corrected chi connectivity index (χ1v) is 14.3. The summed E-state index contributed by atoms with van der Waals surface area (Å²) >= 11 is 1.51. The maximum Gasteiger partial charge on any atom is 0.166 e. The number of ether oxygens (including phenoxy) is 3. The van der Waals surface area contributed by atoms with Crippen LogP contribution in [0.3, 0.4) is 0 Å². The number of fused-ring (bicyclic) bond motifs is 1.